The zero-order valence-corrected chi connectivity index (χ0v) is 11.0. The molecule has 0 aliphatic heterocycles. The first-order chi connectivity index (χ1) is 9.08. The second-order valence-corrected chi connectivity index (χ2v) is 5.41. The first-order valence-electron chi connectivity index (χ1n) is 6.45. The number of rotatable bonds is 2. The highest BCUT2D eigenvalue weighted by Crippen LogP contribution is 2.39. The summed E-state index contributed by atoms with van der Waals surface area (Å²) < 4.78 is 0. The molecule has 4 heteroatoms. The molecule has 0 radical (unpaired) electrons. The minimum atomic E-state index is -0.566. The molecular weight excluding hydrogens is 240 g/mol. The fourth-order valence-electron chi connectivity index (χ4n) is 3.05. The Kier molecular flexibility index (Phi) is 2.66. The fourth-order valence-corrected chi connectivity index (χ4v) is 3.05. The minimum absolute atomic E-state index is 0.132. The molecular formula is C15H16N2O2. The zero-order valence-electron chi connectivity index (χ0n) is 11.0. The third kappa shape index (κ3) is 1.84. The Labute approximate surface area is 111 Å². The zero-order chi connectivity index (χ0) is 13.6. The minimum Gasteiger partial charge on any atom is -0.361 e. The van der Waals surface area contributed by atoms with Crippen LogP contribution < -0.4 is 0 Å². The van der Waals surface area contributed by atoms with E-state index < -0.39 is 6.04 Å². The van der Waals surface area contributed by atoms with Crippen molar-refractivity contribution >= 4 is 10.9 Å². The van der Waals surface area contributed by atoms with Gasteiger partial charge < -0.3 is 4.98 Å². The standard InChI is InChI=1S/C15H16N2O2/c1-9(2)6-12-11-4-3-5-13-15(11)10(8-16-13)7-14(12)17(18)19/h3-6,8,12,14,16H,7H2,1-2H3. The topological polar surface area (TPSA) is 58.9 Å². The quantitative estimate of drug-likeness (QED) is 0.508. The Hall–Kier alpha value is -2.10. The number of allylic oxidation sites excluding steroid dienone is 1. The molecule has 0 saturated carbocycles. The predicted molar refractivity (Wildman–Crippen MR) is 75.0 cm³/mol. The van der Waals surface area contributed by atoms with Gasteiger partial charge in [-0.25, -0.2) is 0 Å². The molecule has 1 heterocycles. The van der Waals surface area contributed by atoms with E-state index in [1.54, 1.807) is 0 Å². The number of nitro groups is 1. The van der Waals surface area contributed by atoms with Crippen molar-refractivity contribution in [3.05, 3.63) is 57.3 Å². The summed E-state index contributed by atoms with van der Waals surface area (Å²) in [6.07, 6.45) is 4.43. The van der Waals surface area contributed by atoms with Crippen LogP contribution in [0.3, 0.4) is 0 Å². The molecule has 4 nitrogen and oxygen atoms in total. The van der Waals surface area contributed by atoms with E-state index in [1.165, 1.54) is 5.39 Å². The van der Waals surface area contributed by atoms with Crippen molar-refractivity contribution in [2.24, 2.45) is 0 Å². The summed E-state index contributed by atoms with van der Waals surface area (Å²) in [5.74, 6) is -0.132. The second kappa shape index (κ2) is 4.23. The maximum Gasteiger partial charge on any atom is 0.227 e. The lowest BCUT2D eigenvalue weighted by Crippen LogP contribution is -2.31. The average Bonchev–Trinajstić information content (AvgIpc) is 2.76. The van der Waals surface area contributed by atoms with Crippen LogP contribution >= 0.6 is 0 Å². The molecule has 1 aliphatic carbocycles. The number of H-pyrrole nitrogens is 1. The van der Waals surface area contributed by atoms with Crippen molar-refractivity contribution < 1.29 is 4.92 Å². The molecule has 98 valence electrons. The predicted octanol–water partition coefficient (Wildman–Crippen LogP) is 3.42. The summed E-state index contributed by atoms with van der Waals surface area (Å²) >= 11 is 0. The number of aromatic amines is 1. The highest BCUT2D eigenvalue weighted by Gasteiger charge is 2.37. The SMILES string of the molecule is CC(C)=CC1c2cccc3[nH]cc(c23)CC1[N+](=O)[O-]. The Bertz CT molecular complexity index is 681. The third-order valence-electron chi connectivity index (χ3n) is 3.81. The van der Waals surface area contributed by atoms with Crippen LogP contribution in [0.15, 0.2) is 36.0 Å². The second-order valence-electron chi connectivity index (χ2n) is 5.41. The maximum atomic E-state index is 11.4. The summed E-state index contributed by atoms with van der Waals surface area (Å²) in [6.45, 7) is 3.98. The summed E-state index contributed by atoms with van der Waals surface area (Å²) in [5, 5.41) is 12.5. The van der Waals surface area contributed by atoms with E-state index in [-0.39, 0.29) is 10.8 Å². The van der Waals surface area contributed by atoms with Crippen molar-refractivity contribution in [1.82, 2.24) is 4.98 Å². The van der Waals surface area contributed by atoms with E-state index >= 15 is 0 Å². The van der Waals surface area contributed by atoms with Crippen LogP contribution in [-0.2, 0) is 6.42 Å². The van der Waals surface area contributed by atoms with Crippen LogP contribution in [0.5, 0.6) is 0 Å². The molecule has 2 atom stereocenters. The van der Waals surface area contributed by atoms with Gasteiger partial charge in [-0.3, -0.25) is 10.1 Å². The Morgan fingerprint density at radius 2 is 2.26 bits per heavy atom. The molecule has 2 aromatic rings. The number of hydrogen-bond donors (Lipinski definition) is 1. The molecule has 1 N–H and O–H groups in total. The van der Waals surface area contributed by atoms with E-state index in [4.69, 9.17) is 0 Å². The van der Waals surface area contributed by atoms with Crippen molar-refractivity contribution in [3.63, 3.8) is 0 Å². The van der Waals surface area contributed by atoms with E-state index in [1.807, 2.05) is 44.3 Å². The molecule has 3 rings (SSSR count). The molecule has 1 aliphatic rings. The molecule has 2 unspecified atom stereocenters. The number of benzene rings is 1. The number of nitrogens with zero attached hydrogens (tertiary/aromatic N) is 1. The molecule has 0 amide bonds. The van der Waals surface area contributed by atoms with Crippen LogP contribution in [0.1, 0.15) is 30.9 Å². The van der Waals surface area contributed by atoms with Crippen LogP contribution in [0.25, 0.3) is 10.9 Å². The van der Waals surface area contributed by atoms with Crippen molar-refractivity contribution in [2.75, 3.05) is 0 Å². The van der Waals surface area contributed by atoms with E-state index in [0.29, 0.717) is 6.42 Å². The van der Waals surface area contributed by atoms with E-state index in [0.717, 1.165) is 22.2 Å². The lowest BCUT2D eigenvalue weighted by atomic mass is 9.79. The molecule has 1 aromatic carbocycles. The summed E-state index contributed by atoms with van der Waals surface area (Å²) in [6, 6.07) is 5.43. The van der Waals surface area contributed by atoms with Gasteiger partial charge in [0.25, 0.3) is 0 Å². The first-order valence-corrected chi connectivity index (χ1v) is 6.45. The van der Waals surface area contributed by atoms with Gasteiger partial charge in [0, 0.05) is 28.4 Å². The Morgan fingerprint density at radius 1 is 1.47 bits per heavy atom. The van der Waals surface area contributed by atoms with Gasteiger partial charge in [-0.2, -0.15) is 0 Å². The normalized spacial score (nSPS) is 21.4. The van der Waals surface area contributed by atoms with Gasteiger partial charge in [0.2, 0.25) is 6.04 Å². The lowest BCUT2D eigenvalue weighted by molar-refractivity contribution is -0.524. The lowest BCUT2D eigenvalue weighted by Gasteiger charge is -2.24. The molecule has 0 saturated heterocycles. The monoisotopic (exact) mass is 256 g/mol. The van der Waals surface area contributed by atoms with Crippen LogP contribution in [-0.4, -0.2) is 15.9 Å². The summed E-state index contributed by atoms with van der Waals surface area (Å²) in [5.41, 5.74) is 4.32. The average molecular weight is 256 g/mol. The van der Waals surface area contributed by atoms with Gasteiger partial charge in [0.05, 0.1) is 5.92 Å². The van der Waals surface area contributed by atoms with Gasteiger partial charge in [-0.05, 0) is 31.0 Å². The van der Waals surface area contributed by atoms with E-state index in [2.05, 4.69) is 4.98 Å². The first kappa shape index (κ1) is 12.0. The van der Waals surface area contributed by atoms with Crippen LogP contribution in [0, 0.1) is 10.1 Å². The molecule has 0 bridgehead atoms. The number of hydrogen-bond acceptors (Lipinski definition) is 2. The Balaban J connectivity index is 2.25. The molecule has 1 aromatic heterocycles. The highest BCUT2D eigenvalue weighted by molar-refractivity contribution is 5.88. The van der Waals surface area contributed by atoms with Crippen LogP contribution in [0.2, 0.25) is 0 Å². The largest absolute Gasteiger partial charge is 0.361 e. The number of nitrogens with one attached hydrogen (secondary N) is 1. The number of aromatic nitrogens is 1. The van der Waals surface area contributed by atoms with Gasteiger partial charge in [0.1, 0.15) is 0 Å². The molecule has 0 fully saturated rings. The van der Waals surface area contributed by atoms with Crippen LogP contribution in [0.4, 0.5) is 0 Å². The molecule has 0 spiro atoms. The molecule has 19 heavy (non-hydrogen) atoms. The Morgan fingerprint density at radius 3 is 2.95 bits per heavy atom. The van der Waals surface area contributed by atoms with Crippen molar-refractivity contribution in [3.8, 4) is 0 Å². The third-order valence-corrected chi connectivity index (χ3v) is 3.81. The van der Waals surface area contributed by atoms with Gasteiger partial charge in [0.15, 0.2) is 0 Å². The smallest absolute Gasteiger partial charge is 0.227 e. The fraction of sp³-hybridized carbons (Fsp3) is 0.333. The van der Waals surface area contributed by atoms with Crippen molar-refractivity contribution in [1.29, 1.82) is 0 Å². The summed E-state index contributed by atoms with van der Waals surface area (Å²) in [4.78, 5) is 14.4. The van der Waals surface area contributed by atoms with Crippen molar-refractivity contribution in [2.45, 2.75) is 32.2 Å². The van der Waals surface area contributed by atoms with Gasteiger partial charge >= 0.3 is 0 Å². The summed E-state index contributed by atoms with van der Waals surface area (Å²) in [7, 11) is 0. The maximum absolute atomic E-state index is 11.4. The van der Waals surface area contributed by atoms with Gasteiger partial charge in [-0.1, -0.05) is 23.8 Å². The highest BCUT2D eigenvalue weighted by atomic mass is 16.6. The van der Waals surface area contributed by atoms with E-state index in [9.17, 15) is 10.1 Å². The van der Waals surface area contributed by atoms with Gasteiger partial charge in [-0.15, -0.1) is 0 Å².